The lowest BCUT2D eigenvalue weighted by molar-refractivity contribution is -0.143. The van der Waals surface area contributed by atoms with Gasteiger partial charge in [-0.1, -0.05) is 0 Å². The number of imide groups is 2. The van der Waals surface area contributed by atoms with Crippen molar-refractivity contribution in [2.24, 2.45) is 0 Å². The van der Waals surface area contributed by atoms with Crippen molar-refractivity contribution in [2.45, 2.75) is 100 Å². The minimum absolute atomic E-state index is 0.00483. The first kappa shape index (κ1) is 47.6. The Hall–Kier alpha value is -2.58. The summed E-state index contributed by atoms with van der Waals surface area (Å²) in [7, 11) is 3.20. The fourth-order valence-electron chi connectivity index (χ4n) is 6.48. The molecule has 2 aliphatic heterocycles. The number of carbonyl (C=O) groups is 6. The zero-order chi connectivity index (χ0) is 39.7. The van der Waals surface area contributed by atoms with Crippen molar-refractivity contribution in [3.05, 3.63) is 12.2 Å². The van der Waals surface area contributed by atoms with E-state index in [0.717, 1.165) is 38.5 Å². The smallest absolute Gasteiger partial charge is 0.253 e. The van der Waals surface area contributed by atoms with Crippen molar-refractivity contribution in [1.82, 2.24) is 20.4 Å². The van der Waals surface area contributed by atoms with Crippen LogP contribution in [0.3, 0.4) is 0 Å². The third kappa shape index (κ3) is 17.5. The first-order chi connectivity index (χ1) is 26.1. The van der Waals surface area contributed by atoms with Gasteiger partial charge in [-0.05, 0) is 51.4 Å². The summed E-state index contributed by atoms with van der Waals surface area (Å²) in [6.45, 7) is 2.94. The maximum atomic E-state index is 12.5. The Balaban J connectivity index is 0.000000343. The van der Waals surface area contributed by atoms with E-state index in [1.165, 1.54) is 33.7 Å². The number of amides is 6. The topological polar surface area (TPSA) is 210 Å². The van der Waals surface area contributed by atoms with Gasteiger partial charge in [-0.15, -0.1) is 11.8 Å². The quantitative estimate of drug-likeness (QED) is 0.0651. The molecule has 2 heterocycles. The Morgan fingerprint density at radius 2 is 1.17 bits per heavy atom. The van der Waals surface area contributed by atoms with E-state index in [1.807, 2.05) is 0 Å². The molecule has 0 radical (unpaired) electrons. The van der Waals surface area contributed by atoms with Crippen LogP contribution in [-0.2, 0) is 47.7 Å². The van der Waals surface area contributed by atoms with E-state index in [0.29, 0.717) is 76.8 Å². The predicted molar refractivity (Wildman–Crippen MR) is 205 cm³/mol. The van der Waals surface area contributed by atoms with Crippen LogP contribution in [0.1, 0.15) is 70.6 Å². The predicted octanol–water partition coefficient (Wildman–Crippen LogP) is 0.620. The number of aliphatic hydroxyl groups is 2. The van der Waals surface area contributed by atoms with Gasteiger partial charge in [0, 0.05) is 81.3 Å². The van der Waals surface area contributed by atoms with Crippen LogP contribution in [-0.4, -0.2) is 163 Å². The van der Waals surface area contributed by atoms with Crippen LogP contribution in [0, 0.1) is 0 Å². The molecule has 1 unspecified atom stereocenters. The Labute approximate surface area is 328 Å². The van der Waals surface area contributed by atoms with Crippen molar-refractivity contribution in [2.75, 3.05) is 78.6 Å². The van der Waals surface area contributed by atoms with Gasteiger partial charge < -0.3 is 39.8 Å². The number of hydrogen-bond donors (Lipinski definition) is 5. The van der Waals surface area contributed by atoms with E-state index >= 15 is 0 Å². The number of rotatable bonds is 20. The number of likely N-dealkylation sites (tertiary alicyclic amines) is 1. The Bertz CT molecular complexity index is 1180. The number of aliphatic hydroxyl groups excluding tert-OH is 2. The van der Waals surface area contributed by atoms with E-state index < -0.39 is 0 Å². The maximum absolute atomic E-state index is 12.5. The molecule has 1 saturated heterocycles. The lowest BCUT2D eigenvalue weighted by atomic mass is 9.90. The summed E-state index contributed by atoms with van der Waals surface area (Å²) in [6.07, 6.45) is 9.46. The highest BCUT2D eigenvalue weighted by molar-refractivity contribution is 8.00. The monoisotopic (exact) mass is 804 g/mol. The molecule has 18 heteroatoms. The second kappa shape index (κ2) is 27.9. The van der Waals surface area contributed by atoms with Crippen molar-refractivity contribution in [1.29, 1.82) is 0 Å². The lowest BCUT2D eigenvalue weighted by Crippen LogP contribution is -2.46. The highest BCUT2D eigenvalue weighted by Crippen LogP contribution is 2.32. The number of methoxy groups -OCH3 is 2. The third-order valence-corrected chi connectivity index (χ3v) is 10.5. The van der Waals surface area contributed by atoms with Gasteiger partial charge in [-0.2, -0.15) is 12.6 Å². The number of ether oxygens (including phenoxy) is 4. The summed E-state index contributed by atoms with van der Waals surface area (Å²) in [5, 5.41) is 22.3. The summed E-state index contributed by atoms with van der Waals surface area (Å²) in [4.78, 5) is 74.6. The molecule has 2 aliphatic carbocycles. The lowest BCUT2D eigenvalue weighted by Gasteiger charge is -2.34. The van der Waals surface area contributed by atoms with Crippen LogP contribution in [0.15, 0.2) is 12.2 Å². The molecule has 308 valence electrons. The van der Waals surface area contributed by atoms with E-state index in [4.69, 9.17) is 29.2 Å². The summed E-state index contributed by atoms with van der Waals surface area (Å²) < 4.78 is 20.3. The van der Waals surface area contributed by atoms with E-state index in [-0.39, 0.29) is 84.5 Å². The fourth-order valence-corrected chi connectivity index (χ4v) is 7.38. The van der Waals surface area contributed by atoms with Gasteiger partial charge in [0.1, 0.15) is 0 Å². The number of thiol groups is 1. The van der Waals surface area contributed by atoms with Crippen molar-refractivity contribution in [3.63, 3.8) is 0 Å². The van der Waals surface area contributed by atoms with Crippen molar-refractivity contribution >= 4 is 59.8 Å². The van der Waals surface area contributed by atoms with Gasteiger partial charge in [-0.25, -0.2) is 0 Å². The Kier molecular flexibility index (Phi) is 24.6. The van der Waals surface area contributed by atoms with Crippen molar-refractivity contribution < 1.29 is 57.9 Å². The van der Waals surface area contributed by atoms with Gasteiger partial charge in [-0.3, -0.25) is 38.6 Å². The van der Waals surface area contributed by atoms with E-state index in [2.05, 4.69) is 23.3 Å². The van der Waals surface area contributed by atoms with Crippen LogP contribution < -0.4 is 10.6 Å². The number of hydrogen-bond acceptors (Lipinski definition) is 14. The number of thioether (sulfide) groups is 1. The third-order valence-electron chi connectivity index (χ3n) is 9.16. The van der Waals surface area contributed by atoms with Gasteiger partial charge in [0.05, 0.1) is 58.1 Å². The molecule has 16 nitrogen and oxygen atoms in total. The average molecular weight is 805 g/mol. The minimum Gasteiger partial charge on any atom is -0.396 e. The summed E-state index contributed by atoms with van der Waals surface area (Å²) in [6, 6.07) is 0.0735. The zero-order valence-electron chi connectivity index (χ0n) is 31.6. The summed E-state index contributed by atoms with van der Waals surface area (Å²) in [5.74, 6) is 0.276. The van der Waals surface area contributed by atoms with E-state index in [9.17, 15) is 28.8 Å². The Morgan fingerprint density at radius 3 is 1.57 bits per heavy atom. The summed E-state index contributed by atoms with van der Waals surface area (Å²) >= 11 is 5.02. The van der Waals surface area contributed by atoms with Gasteiger partial charge in [0.15, 0.2) is 0 Å². The summed E-state index contributed by atoms with van der Waals surface area (Å²) in [5.41, 5.74) is 0. The number of nitrogens with zero attached hydrogens (tertiary/aromatic N) is 2. The molecular weight excluding hydrogens is 745 g/mol. The highest BCUT2D eigenvalue weighted by atomic mass is 32.2. The standard InChI is InChI=1S/C18H30N2O6S.C16H24N2O5.C2H6OS/c1-25-9-10-26-8-6-16(22)19-13-2-4-14(5-3-13)20-17(23)12-15(18(20)24)27-11-7-21;1-22-10-11-23-9-8-14(19)17-12-2-4-13(5-3-12)18-15(20)6-7-16(18)21;3-1-2-4/h13-15,21H,2-12H2,1H3,(H,19,22);6-7,12-13H,2-5,8-11H2,1H3,(H,17,19);3-4H,1-2H2. The SMILES string of the molecule is COCCOCCC(=O)NC1CCC(N2C(=O)C=CC2=O)CC1.COCCOCCC(=O)NC1CCC(N2C(=O)CC(SCCO)C2=O)CC1.OCCS. The van der Waals surface area contributed by atoms with Gasteiger partial charge in [0.2, 0.25) is 23.6 Å². The molecule has 4 aliphatic rings. The molecule has 3 fully saturated rings. The number of carbonyl (C=O) groups excluding carboxylic acids is 6. The Morgan fingerprint density at radius 1 is 0.722 bits per heavy atom. The average Bonchev–Trinajstić information content (AvgIpc) is 3.66. The van der Waals surface area contributed by atoms with Gasteiger partial charge >= 0.3 is 0 Å². The second-order valence-corrected chi connectivity index (χ2v) is 14.8. The molecule has 0 bridgehead atoms. The number of nitrogens with one attached hydrogen (secondary N) is 2. The molecule has 6 amide bonds. The van der Waals surface area contributed by atoms with Gasteiger partial charge in [0.25, 0.3) is 11.8 Å². The largest absolute Gasteiger partial charge is 0.396 e. The van der Waals surface area contributed by atoms with Crippen LogP contribution in [0.2, 0.25) is 0 Å². The zero-order valence-corrected chi connectivity index (χ0v) is 33.3. The minimum atomic E-state index is -0.361. The van der Waals surface area contributed by atoms with Crippen molar-refractivity contribution in [3.8, 4) is 0 Å². The maximum Gasteiger partial charge on any atom is 0.253 e. The van der Waals surface area contributed by atoms with Crippen LogP contribution in [0.25, 0.3) is 0 Å². The molecule has 0 aromatic heterocycles. The first-order valence-corrected chi connectivity index (χ1v) is 20.3. The molecule has 54 heavy (non-hydrogen) atoms. The second-order valence-electron chi connectivity index (χ2n) is 13.1. The van der Waals surface area contributed by atoms with Crippen LogP contribution >= 0.6 is 24.4 Å². The molecular formula is C36H60N4O12S2. The normalized spacial score (nSPS) is 23.8. The molecule has 2 saturated carbocycles. The first-order valence-electron chi connectivity index (χ1n) is 18.7. The molecule has 0 spiro atoms. The molecule has 1 atom stereocenters. The molecule has 4 N–H and O–H groups in total. The van der Waals surface area contributed by atoms with Crippen LogP contribution in [0.4, 0.5) is 0 Å². The highest BCUT2D eigenvalue weighted by Gasteiger charge is 2.43. The fraction of sp³-hybridized carbons (Fsp3) is 0.778. The molecule has 0 aromatic rings. The van der Waals surface area contributed by atoms with Crippen LogP contribution in [0.5, 0.6) is 0 Å². The molecule has 4 rings (SSSR count). The van der Waals surface area contributed by atoms with E-state index in [1.54, 1.807) is 14.2 Å². The molecule has 0 aromatic carbocycles.